The molecule has 1 amide bonds. The summed E-state index contributed by atoms with van der Waals surface area (Å²) in [7, 11) is 0. The third-order valence-corrected chi connectivity index (χ3v) is 3.66. The van der Waals surface area contributed by atoms with Crippen molar-refractivity contribution in [3.05, 3.63) is 54.6 Å². The van der Waals surface area contributed by atoms with Crippen LogP contribution in [0.5, 0.6) is 0 Å². The number of amides is 1. The van der Waals surface area contributed by atoms with Crippen LogP contribution in [0.15, 0.2) is 64.4 Å². The highest BCUT2D eigenvalue weighted by Gasteiger charge is 2.06. The number of carbonyl (C=O) groups is 2. The third-order valence-electron chi connectivity index (χ3n) is 2.66. The van der Waals surface area contributed by atoms with Crippen LogP contribution in [0.1, 0.15) is 12.8 Å². The number of anilines is 1. The van der Waals surface area contributed by atoms with Gasteiger partial charge >= 0.3 is 5.97 Å². The van der Waals surface area contributed by atoms with Gasteiger partial charge in [-0.1, -0.05) is 36.0 Å². The van der Waals surface area contributed by atoms with E-state index in [2.05, 4.69) is 5.32 Å². The molecule has 0 bridgehead atoms. The van der Waals surface area contributed by atoms with E-state index in [-0.39, 0.29) is 18.7 Å². The second-order valence-corrected chi connectivity index (χ2v) is 5.53. The fourth-order valence-electron chi connectivity index (χ4n) is 1.71. The van der Waals surface area contributed by atoms with Gasteiger partial charge in [0, 0.05) is 21.9 Å². The van der Waals surface area contributed by atoms with Gasteiger partial charge in [0.2, 0.25) is 5.91 Å². The number of carboxylic acid groups (broad SMARTS) is 1. The first-order chi connectivity index (χ1) is 10.1. The van der Waals surface area contributed by atoms with Gasteiger partial charge in [0.05, 0.1) is 6.42 Å². The molecule has 21 heavy (non-hydrogen) atoms. The maximum Gasteiger partial charge on any atom is 0.303 e. The van der Waals surface area contributed by atoms with Crippen LogP contribution in [-0.2, 0) is 9.59 Å². The summed E-state index contributed by atoms with van der Waals surface area (Å²) < 4.78 is 0. The molecule has 0 aliphatic carbocycles. The fourth-order valence-corrected chi connectivity index (χ4v) is 2.60. The molecule has 0 fully saturated rings. The topological polar surface area (TPSA) is 66.4 Å². The van der Waals surface area contributed by atoms with Gasteiger partial charge in [-0.2, -0.15) is 0 Å². The number of nitrogens with one attached hydrogen (secondary N) is 1. The number of aliphatic carboxylic acids is 1. The molecule has 0 radical (unpaired) electrons. The van der Waals surface area contributed by atoms with Gasteiger partial charge in [-0.15, -0.1) is 0 Å². The van der Waals surface area contributed by atoms with Crippen LogP contribution in [0.25, 0.3) is 0 Å². The average molecular weight is 301 g/mol. The minimum atomic E-state index is -0.974. The zero-order valence-corrected chi connectivity index (χ0v) is 12.1. The van der Waals surface area contributed by atoms with E-state index in [1.807, 2.05) is 48.5 Å². The second-order valence-electron chi connectivity index (χ2n) is 4.38. The molecular formula is C16H15NO3S. The van der Waals surface area contributed by atoms with Crippen molar-refractivity contribution in [3.63, 3.8) is 0 Å². The molecule has 4 nitrogen and oxygen atoms in total. The van der Waals surface area contributed by atoms with E-state index in [0.29, 0.717) is 5.69 Å². The standard InChI is InChI=1S/C16H15NO3S/c18-15(9-10-16(19)20)17-12-5-4-8-14(11-12)21-13-6-2-1-3-7-13/h1-8,11H,9-10H2,(H,17,18)(H,19,20). The number of benzene rings is 2. The second kappa shape index (κ2) is 7.50. The van der Waals surface area contributed by atoms with Crippen LogP contribution in [-0.4, -0.2) is 17.0 Å². The Morgan fingerprint density at radius 2 is 1.67 bits per heavy atom. The van der Waals surface area contributed by atoms with Crippen molar-refractivity contribution >= 4 is 29.3 Å². The van der Waals surface area contributed by atoms with E-state index in [9.17, 15) is 9.59 Å². The maximum absolute atomic E-state index is 11.6. The Balaban J connectivity index is 1.97. The summed E-state index contributed by atoms with van der Waals surface area (Å²) in [6, 6.07) is 17.4. The Kier molecular flexibility index (Phi) is 5.40. The number of hydrogen-bond donors (Lipinski definition) is 2. The van der Waals surface area contributed by atoms with Crippen molar-refractivity contribution < 1.29 is 14.7 Å². The Labute approximate surface area is 127 Å². The fraction of sp³-hybridized carbons (Fsp3) is 0.125. The molecule has 0 spiro atoms. The minimum absolute atomic E-state index is 0.0224. The summed E-state index contributed by atoms with van der Waals surface area (Å²) in [5.74, 6) is -1.27. The van der Waals surface area contributed by atoms with Crippen LogP contribution in [0.2, 0.25) is 0 Å². The SMILES string of the molecule is O=C(O)CCC(=O)Nc1cccc(Sc2ccccc2)c1. The summed E-state index contributed by atoms with van der Waals surface area (Å²) in [4.78, 5) is 24.2. The van der Waals surface area contributed by atoms with Crippen molar-refractivity contribution in [2.45, 2.75) is 22.6 Å². The van der Waals surface area contributed by atoms with E-state index in [1.54, 1.807) is 17.8 Å². The van der Waals surface area contributed by atoms with Crippen molar-refractivity contribution in [2.75, 3.05) is 5.32 Å². The summed E-state index contributed by atoms with van der Waals surface area (Å²) in [5.41, 5.74) is 0.673. The third kappa shape index (κ3) is 5.31. The van der Waals surface area contributed by atoms with Crippen LogP contribution in [0, 0.1) is 0 Å². The number of rotatable bonds is 6. The molecule has 108 valence electrons. The van der Waals surface area contributed by atoms with Gasteiger partial charge in [0.15, 0.2) is 0 Å². The monoisotopic (exact) mass is 301 g/mol. The van der Waals surface area contributed by atoms with Gasteiger partial charge in [0.1, 0.15) is 0 Å². The molecule has 0 heterocycles. The van der Waals surface area contributed by atoms with Gasteiger partial charge in [0.25, 0.3) is 0 Å². The molecular weight excluding hydrogens is 286 g/mol. The molecule has 5 heteroatoms. The number of carbonyl (C=O) groups excluding carboxylic acids is 1. The summed E-state index contributed by atoms with van der Waals surface area (Å²) in [6.45, 7) is 0. The van der Waals surface area contributed by atoms with Crippen molar-refractivity contribution in [3.8, 4) is 0 Å². The summed E-state index contributed by atoms with van der Waals surface area (Å²) >= 11 is 1.60. The molecule has 0 saturated heterocycles. The predicted octanol–water partition coefficient (Wildman–Crippen LogP) is 3.64. The summed E-state index contributed by atoms with van der Waals surface area (Å²) in [5, 5.41) is 11.3. The molecule has 2 rings (SSSR count). The molecule has 0 aromatic heterocycles. The molecule has 2 aromatic carbocycles. The molecule has 0 atom stereocenters. The van der Waals surface area contributed by atoms with Crippen molar-refractivity contribution in [1.29, 1.82) is 0 Å². The minimum Gasteiger partial charge on any atom is -0.481 e. The van der Waals surface area contributed by atoms with Crippen LogP contribution >= 0.6 is 11.8 Å². The molecule has 0 aliphatic rings. The highest BCUT2D eigenvalue weighted by Crippen LogP contribution is 2.29. The number of hydrogen-bond acceptors (Lipinski definition) is 3. The zero-order chi connectivity index (χ0) is 15.1. The Hall–Kier alpha value is -2.27. The van der Waals surface area contributed by atoms with Gasteiger partial charge in [-0.05, 0) is 30.3 Å². The Morgan fingerprint density at radius 3 is 2.38 bits per heavy atom. The van der Waals surface area contributed by atoms with E-state index in [4.69, 9.17) is 5.11 Å². The highest BCUT2D eigenvalue weighted by atomic mass is 32.2. The summed E-state index contributed by atoms with van der Waals surface area (Å²) in [6.07, 6.45) is -0.185. The Bertz CT molecular complexity index is 628. The lowest BCUT2D eigenvalue weighted by Crippen LogP contribution is -2.13. The first-order valence-corrected chi connectivity index (χ1v) is 7.30. The lowest BCUT2D eigenvalue weighted by molar-refractivity contribution is -0.138. The first-order valence-electron chi connectivity index (χ1n) is 6.48. The molecule has 2 N–H and O–H groups in total. The number of carboxylic acids is 1. The lowest BCUT2D eigenvalue weighted by Gasteiger charge is -2.07. The highest BCUT2D eigenvalue weighted by molar-refractivity contribution is 7.99. The predicted molar refractivity (Wildman–Crippen MR) is 82.5 cm³/mol. The van der Waals surface area contributed by atoms with Gasteiger partial charge in [-0.3, -0.25) is 9.59 Å². The average Bonchev–Trinajstić information content (AvgIpc) is 2.46. The van der Waals surface area contributed by atoms with E-state index < -0.39 is 5.97 Å². The largest absolute Gasteiger partial charge is 0.481 e. The lowest BCUT2D eigenvalue weighted by atomic mass is 10.2. The van der Waals surface area contributed by atoms with E-state index >= 15 is 0 Å². The first kappa shape index (κ1) is 15.1. The normalized spacial score (nSPS) is 10.1. The van der Waals surface area contributed by atoms with Crippen LogP contribution < -0.4 is 5.32 Å². The van der Waals surface area contributed by atoms with Crippen LogP contribution in [0.4, 0.5) is 5.69 Å². The molecule has 2 aromatic rings. The van der Waals surface area contributed by atoms with E-state index in [1.165, 1.54) is 0 Å². The molecule has 0 saturated carbocycles. The maximum atomic E-state index is 11.6. The van der Waals surface area contributed by atoms with Crippen molar-refractivity contribution in [2.24, 2.45) is 0 Å². The van der Waals surface area contributed by atoms with Gasteiger partial charge in [-0.25, -0.2) is 0 Å². The zero-order valence-electron chi connectivity index (χ0n) is 11.3. The Morgan fingerprint density at radius 1 is 0.952 bits per heavy atom. The molecule has 0 unspecified atom stereocenters. The molecule has 0 aliphatic heterocycles. The van der Waals surface area contributed by atoms with Crippen LogP contribution in [0.3, 0.4) is 0 Å². The van der Waals surface area contributed by atoms with Gasteiger partial charge < -0.3 is 10.4 Å². The smallest absolute Gasteiger partial charge is 0.303 e. The van der Waals surface area contributed by atoms with E-state index in [0.717, 1.165) is 9.79 Å². The van der Waals surface area contributed by atoms with Crippen molar-refractivity contribution in [1.82, 2.24) is 0 Å². The quantitative estimate of drug-likeness (QED) is 0.855.